The number of ether oxygens (including phenoxy) is 1. The van der Waals surface area contributed by atoms with Crippen LogP contribution < -0.4 is 5.43 Å². The lowest BCUT2D eigenvalue weighted by molar-refractivity contribution is -0.150. The quantitative estimate of drug-likeness (QED) is 0.637. The molecule has 0 saturated carbocycles. The van der Waals surface area contributed by atoms with Crippen LogP contribution >= 0.6 is 0 Å². The van der Waals surface area contributed by atoms with Crippen LogP contribution in [0.1, 0.15) is 21.7 Å². The molecule has 0 bridgehead atoms. The Morgan fingerprint density at radius 2 is 1.68 bits per heavy atom. The Balaban J connectivity index is 3.68. The number of hydrogen-bond donors (Lipinski definition) is 1. The van der Waals surface area contributed by atoms with E-state index in [1.54, 1.807) is 0 Å². The molecule has 0 fully saturated rings. The third-order valence-electron chi connectivity index (χ3n) is 2.01. The molecule has 0 unspecified atom stereocenters. The van der Waals surface area contributed by atoms with Gasteiger partial charge in [0.15, 0.2) is 5.43 Å². The Morgan fingerprint density at radius 3 is 2.05 bits per heavy atom. The minimum absolute atomic E-state index is 0.137. The summed E-state index contributed by atoms with van der Waals surface area (Å²) in [6.45, 7) is 0. The van der Waals surface area contributed by atoms with Crippen LogP contribution in [0.15, 0.2) is 10.9 Å². The number of aromatic amines is 1. The van der Waals surface area contributed by atoms with Crippen molar-refractivity contribution in [1.82, 2.24) is 4.98 Å². The number of pyridine rings is 1. The number of rotatable bonds is 1. The lowest BCUT2D eigenvalue weighted by atomic mass is 10.1. The minimum atomic E-state index is -5.34. The second kappa shape index (κ2) is 4.59. The molecule has 0 aliphatic carbocycles. The van der Waals surface area contributed by atoms with Gasteiger partial charge < -0.3 is 9.72 Å². The number of H-pyrrole nitrogens is 1. The Morgan fingerprint density at radius 1 is 1.16 bits per heavy atom. The zero-order chi connectivity index (χ0) is 15.0. The van der Waals surface area contributed by atoms with Crippen molar-refractivity contribution in [3.8, 4) is 0 Å². The maximum Gasteiger partial charge on any atom is 0.432 e. The number of aromatic nitrogens is 1. The van der Waals surface area contributed by atoms with Gasteiger partial charge in [-0.05, 0) is 0 Å². The Hall–Kier alpha value is -2.00. The van der Waals surface area contributed by atoms with Crippen LogP contribution in [0.3, 0.4) is 0 Å². The summed E-state index contributed by atoms with van der Waals surface area (Å²) in [6, 6.07) is -0.137. The number of esters is 1. The van der Waals surface area contributed by atoms with Crippen LogP contribution in [0.25, 0.3) is 0 Å². The predicted octanol–water partition coefficient (Wildman–Crippen LogP) is 2.20. The average molecular weight is 289 g/mol. The van der Waals surface area contributed by atoms with Gasteiger partial charge >= 0.3 is 18.3 Å². The molecule has 0 spiro atoms. The van der Waals surface area contributed by atoms with Gasteiger partial charge in [-0.15, -0.1) is 0 Å². The van der Waals surface area contributed by atoms with Gasteiger partial charge in [0.25, 0.3) is 0 Å². The summed E-state index contributed by atoms with van der Waals surface area (Å²) in [5, 5.41) is 0. The van der Waals surface area contributed by atoms with Crippen LogP contribution in [-0.2, 0) is 17.1 Å². The maximum atomic E-state index is 12.5. The van der Waals surface area contributed by atoms with E-state index >= 15 is 0 Å². The zero-order valence-corrected chi connectivity index (χ0v) is 9.07. The summed E-state index contributed by atoms with van der Waals surface area (Å²) in [4.78, 5) is 23.3. The summed E-state index contributed by atoms with van der Waals surface area (Å²) in [7, 11) is 0.694. The van der Waals surface area contributed by atoms with Crippen LogP contribution in [0, 0.1) is 0 Å². The van der Waals surface area contributed by atoms with Gasteiger partial charge in [0.2, 0.25) is 0 Å². The van der Waals surface area contributed by atoms with Crippen molar-refractivity contribution < 1.29 is 35.9 Å². The Labute approximate surface area is 101 Å². The van der Waals surface area contributed by atoms with Gasteiger partial charge in [-0.3, -0.25) is 4.79 Å². The molecule has 0 saturated heterocycles. The van der Waals surface area contributed by atoms with Gasteiger partial charge in [-0.2, -0.15) is 26.3 Å². The molecule has 0 atom stereocenters. The monoisotopic (exact) mass is 289 g/mol. The molecule has 0 radical (unpaired) electrons. The number of carbonyl (C=O) groups is 1. The van der Waals surface area contributed by atoms with Crippen LogP contribution in [0.4, 0.5) is 26.3 Å². The molecule has 4 nitrogen and oxygen atoms in total. The van der Waals surface area contributed by atoms with Crippen LogP contribution in [-0.4, -0.2) is 18.1 Å². The first kappa shape index (κ1) is 15.1. The zero-order valence-electron chi connectivity index (χ0n) is 9.07. The summed E-state index contributed by atoms with van der Waals surface area (Å²) in [5.41, 5.74) is -7.26. The topological polar surface area (TPSA) is 59.2 Å². The minimum Gasteiger partial charge on any atom is -0.465 e. The van der Waals surface area contributed by atoms with E-state index in [0.717, 1.165) is 4.98 Å². The number of nitrogens with one attached hydrogen (secondary N) is 1. The molecular formula is C9H5F6NO3. The van der Waals surface area contributed by atoms with E-state index < -0.39 is 40.7 Å². The van der Waals surface area contributed by atoms with Crippen molar-refractivity contribution in [2.24, 2.45) is 0 Å². The number of methoxy groups -OCH3 is 1. The predicted molar refractivity (Wildman–Crippen MR) is 48.4 cm³/mol. The number of carbonyl (C=O) groups excluding carboxylic acids is 1. The lowest BCUT2D eigenvalue weighted by Crippen LogP contribution is -2.28. The molecule has 1 rings (SSSR count). The highest BCUT2D eigenvalue weighted by Crippen LogP contribution is 2.33. The maximum absolute atomic E-state index is 12.5. The van der Waals surface area contributed by atoms with Crippen LogP contribution in [0.5, 0.6) is 0 Å². The number of alkyl halides is 6. The third-order valence-corrected chi connectivity index (χ3v) is 2.01. The molecule has 0 aromatic carbocycles. The fourth-order valence-corrected chi connectivity index (χ4v) is 1.23. The van der Waals surface area contributed by atoms with E-state index in [4.69, 9.17) is 0 Å². The third kappa shape index (κ3) is 3.06. The fraction of sp³-hybridized carbons (Fsp3) is 0.333. The highest BCUT2D eigenvalue weighted by atomic mass is 19.4. The largest absolute Gasteiger partial charge is 0.465 e. The molecule has 0 aliphatic heterocycles. The summed E-state index contributed by atoms with van der Waals surface area (Å²) in [6.07, 6.45) is -10.5. The van der Waals surface area contributed by atoms with Crippen molar-refractivity contribution in [1.29, 1.82) is 0 Å². The van der Waals surface area contributed by atoms with Gasteiger partial charge in [-0.25, -0.2) is 4.79 Å². The average Bonchev–Trinajstić information content (AvgIpc) is 2.24. The molecule has 1 aromatic rings. The Bertz CT molecular complexity index is 557. The van der Waals surface area contributed by atoms with E-state index in [1.807, 2.05) is 0 Å². The van der Waals surface area contributed by atoms with E-state index in [9.17, 15) is 35.9 Å². The van der Waals surface area contributed by atoms with E-state index in [0.29, 0.717) is 7.11 Å². The van der Waals surface area contributed by atoms with E-state index in [2.05, 4.69) is 4.74 Å². The summed E-state index contributed by atoms with van der Waals surface area (Å²) in [5.74, 6) is -1.68. The van der Waals surface area contributed by atoms with Crippen molar-refractivity contribution in [2.45, 2.75) is 12.4 Å². The number of halogens is 6. The summed E-state index contributed by atoms with van der Waals surface area (Å²) >= 11 is 0. The molecular weight excluding hydrogens is 284 g/mol. The van der Waals surface area contributed by atoms with Crippen molar-refractivity contribution in [2.75, 3.05) is 7.11 Å². The first-order chi connectivity index (χ1) is 8.48. The van der Waals surface area contributed by atoms with Gasteiger partial charge in [0.05, 0.1) is 7.11 Å². The van der Waals surface area contributed by atoms with E-state index in [1.165, 1.54) is 0 Å². The molecule has 1 aromatic heterocycles. The molecule has 106 valence electrons. The highest BCUT2D eigenvalue weighted by Gasteiger charge is 2.42. The van der Waals surface area contributed by atoms with E-state index in [-0.39, 0.29) is 6.07 Å². The molecule has 19 heavy (non-hydrogen) atoms. The van der Waals surface area contributed by atoms with Gasteiger partial charge in [0.1, 0.15) is 17.0 Å². The summed E-state index contributed by atoms with van der Waals surface area (Å²) < 4.78 is 78.5. The molecule has 10 heteroatoms. The molecule has 0 aliphatic rings. The van der Waals surface area contributed by atoms with Crippen molar-refractivity contribution >= 4 is 5.97 Å². The molecule has 1 N–H and O–H groups in total. The first-order valence-corrected chi connectivity index (χ1v) is 4.48. The normalized spacial score (nSPS) is 12.4. The lowest BCUT2D eigenvalue weighted by Gasteiger charge is -2.14. The SMILES string of the molecule is COC(=O)c1c(C(F)(F)F)[nH]c(C(F)(F)F)cc1=O. The van der Waals surface area contributed by atoms with Crippen LogP contribution in [0.2, 0.25) is 0 Å². The molecule has 1 heterocycles. The fourth-order valence-electron chi connectivity index (χ4n) is 1.23. The van der Waals surface area contributed by atoms with Gasteiger partial charge in [-0.1, -0.05) is 0 Å². The van der Waals surface area contributed by atoms with Gasteiger partial charge in [0, 0.05) is 6.07 Å². The smallest absolute Gasteiger partial charge is 0.432 e. The molecule has 0 amide bonds. The van der Waals surface area contributed by atoms with Crippen molar-refractivity contribution in [3.63, 3.8) is 0 Å². The van der Waals surface area contributed by atoms with Crippen molar-refractivity contribution in [3.05, 3.63) is 33.2 Å². The number of hydrogen-bond acceptors (Lipinski definition) is 3. The highest BCUT2D eigenvalue weighted by molar-refractivity contribution is 5.90. The Kier molecular flexibility index (Phi) is 3.64. The second-order valence-electron chi connectivity index (χ2n) is 3.28. The second-order valence-corrected chi connectivity index (χ2v) is 3.28. The standard InChI is InChI=1S/C9H5F6NO3/c1-19-7(18)5-3(17)2-4(8(10,11)12)16-6(5)9(13,14)15/h2H,1H3,(H,16,17). The first-order valence-electron chi connectivity index (χ1n) is 4.48.